The second-order valence-electron chi connectivity index (χ2n) is 6.42. The largest absolute Gasteiger partial charge is 0.497 e. The predicted octanol–water partition coefficient (Wildman–Crippen LogP) is 2.23. The van der Waals surface area contributed by atoms with Crippen LogP contribution in [0.2, 0.25) is 0 Å². The molecule has 8 heteroatoms. The molecule has 152 valence electrons. The first-order valence-corrected chi connectivity index (χ1v) is 10.8. The number of piperazine rings is 1. The van der Waals surface area contributed by atoms with Gasteiger partial charge in [0.05, 0.1) is 20.0 Å². The van der Waals surface area contributed by atoms with Crippen LogP contribution < -0.4 is 19.1 Å². The maximum absolute atomic E-state index is 12.6. The molecule has 0 atom stereocenters. The molecule has 1 saturated heterocycles. The number of sulfonamides is 1. The Bertz CT molecular complexity index is 845. The van der Waals surface area contributed by atoms with Gasteiger partial charge < -0.3 is 19.1 Å². The van der Waals surface area contributed by atoms with Crippen LogP contribution in [0.15, 0.2) is 48.5 Å². The van der Waals surface area contributed by atoms with Crippen molar-refractivity contribution in [1.29, 1.82) is 0 Å². The minimum absolute atomic E-state index is 0.0401. The molecule has 1 aliphatic heterocycles. The summed E-state index contributed by atoms with van der Waals surface area (Å²) in [5.41, 5.74) is 1.07. The van der Waals surface area contributed by atoms with Gasteiger partial charge in [-0.15, -0.1) is 0 Å². The summed E-state index contributed by atoms with van der Waals surface area (Å²) < 4.78 is 42.6. The Morgan fingerprint density at radius 2 is 1.29 bits per heavy atom. The van der Waals surface area contributed by atoms with E-state index in [1.54, 1.807) is 42.8 Å². The van der Waals surface area contributed by atoms with Crippen molar-refractivity contribution in [1.82, 2.24) is 4.31 Å². The zero-order valence-electron chi connectivity index (χ0n) is 16.2. The predicted molar refractivity (Wildman–Crippen MR) is 109 cm³/mol. The third-order valence-electron chi connectivity index (χ3n) is 4.74. The quantitative estimate of drug-likeness (QED) is 0.670. The van der Waals surface area contributed by atoms with Crippen LogP contribution in [0.1, 0.15) is 0 Å². The minimum atomic E-state index is -3.35. The Morgan fingerprint density at radius 3 is 1.82 bits per heavy atom. The van der Waals surface area contributed by atoms with Gasteiger partial charge in [0, 0.05) is 31.9 Å². The van der Waals surface area contributed by atoms with Gasteiger partial charge in [-0.05, 0) is 48.5 Å². The fourth-order valence-electron chi connectivity index (χ4n) is 3.08. The van der Waals surface area contributed by atoms with Gasteiger partial charge in [0.1, 0.15) is 23.9 Å². The number of hydrogen-bond acceptors (Lipinski definition) is 6. The van der Waals surface area contributed by atoms with Gasteiger partial charge in [0.25, 0.3) is 0 Å². The maximum atomic E-state index is 12.6. The van der Waals surface area contributed by atoms with Crippen LogP contribution in [-0.4, -0.2) is 65.5 Å². The highest BCUT2D eigenvalue weighted by molar-refractivity contribution is 7.89. The molecular weight excluding hydrogens is 380 g/mol. The summed E-state index contributed by atoms with van der Waals surface area (Å²) in [4.78, 5) is 2.18. The molecule has 3 rings (SSSR count). The Hall–Kier alpha value is -2.45. The molecule has 0 aromatic heterocycles. The van der Waals surface area contributed by atoms with Gasteiger partial charge >= 0.3 is 0 Å². The number of nitrogens with zero attached hydrogens (tertiary/aromatic N) is 2. The average Bonchev–Trinajstić information content (AvgIpc) is 2.74. The van der Waals surface area contributed by atoms with Gasteiger partial charge in [-0.3, -0.25) is 0 Å². The highest BCUT2D eigenvalue weighted by atomic mass is 32.2. The topological polar surface area (TPSA) is 68.3 Å². The van der Waals surface area contributed by atoms with Crippen molar-refractivity contribution in [2.45, 2.75) is 0 Å². The maximum Gasteiger partial charge on any atom is 0.217 e. The van der Waals surface area contributed by atoms with Crippen molar-refractivity contribution in [2.24, 2.45) is 0 Å². The van der Waals surface area contributed by atoms with E-state index in [-0.39, 0.29) is 12.4 Å². The Kier molecular flexibility index (Phi) is 6.64. The molecule has 1 fully saturated rings. The molecule has 1 heterocycles. The van der Waals surface area contributed by atoms with Crippen molar-refractivity contribution in [3.63, 3.8) is 0 Å². The minimum Gasteiger partial charge on any atom is -0.497 e. The van der Waals surface area contributed by atoms with Crippen LogP contribution in [0.25, 0.3) is 0 Å². The van der Waals surface area contributed by atoms with Crippen molar-refractivity contribution >= 4 is 15.7 Å². The monoisotopic (exact) mass is 406 g/mol. The normalized spacial score (nSPS) is 15.3. The highest BCUT2D eigenvalue weighted by Gasteiger charge is 2.27. The zero-order chi connectivity index (χ0) is 20.0. The van der Waals surface area contributed by atoms with E-state index in [0.717, 1.165) is 17.2 Å². The summed E-state index contributed by atoms with van der Waals surface area (Å²) >= 11 is 0. The fraction of sp³-hybridized carbons (Fsp3) is 0.400. The molecule has 0 aliphatic carbocycles. The second-order valence-corrected chi connectivity index (χ2v) is 8.51. The second kappa shape index (κ2) is 9.16. The van der Waals surface area contributed by atoms with Gasteiger partial charge in [-0.2, -0.15) is 4.31 Å². The van der Waals surface area contributed by atoms with E-state index in [4.69, 9.17) is 14.2 Å². The average molecular weight is 407 g/mol. The summed E-state index contributed by atoms with van der Waals surface area (Å²) in [5.74, 6) is 2.12. The van der Waals surface area contributed by atoms with Gasteiger partial charge in [0.15, 0.2) is 0 Å². The van der Waals surface area contributed by atoms with Gasteiger partial charge in [-0.1, -0.05) is 0 Å². The number of ether oxygens (including phenoxy) is 3. The highest BCUT2D eigenvalue weighted by Crippen LogP contribution is 2.21. The SMILES string of the molecule is COc1ccc(OCCS(=O)(=O)N2CCN(c3ccc(OC)cc3)CC2)cc1. The van der Waals surface area contributed by atoms with Crippen molar-refractivity contribution in [3.8, 4) is 17.2 Å². The van der Waals surface area contributed by atoms with Crippen molar-refractivity contribution < 1.29 is 22.6 Å². The summed E-state index contributed by atoms with van der Waals surface area (Å²) in [6.45, 7) is 2.37. The Balaban J connectivity index is 1.48. The van der Waals surface area contributed by atoms with Crippen LogP contribution in [0, 0.1) is 0 Å². The summed E-state index contributed by atoms with van der Waals surface area (Å²) in [5, 5.41) is 0. The molecule has 0 radical (unpaired) electrons. The molecule has 1 aliphatic rings. The van der Waals surface area contributed by atoms with E-state index in [0.29, 0.717) is 31.9 Å². The number of benzene rings is 2. The molecule has 0 bridgehead atoms. The third-order valence-corrected chi connectivity index (χ3v) is 6.57. The number of rotatable bonds is 8. The van der Waals surface area contributed by atoms with E-state index in [1.165, 1.54) is 0 Å². The molecule has 0 saturated carbocycles. The molecule has 7 nitrogen and oxygen atoms in total. The van der Waals surface area contributed by atoms with E-state index >= 15 is 0 Å². The lowest BCUT2D eigenvalue weighted by Crippen LogP contribution is -2.49. The first kappa shape index (κ1) is 20.3. The van der Waals surface area contributed by atoms with Crippen LogP contribution in [0.4, 0.5) is 5.69 Å². The first-order valence-electron chi connectivity index (χ1n) is 9.15. The lowest BCUT2D eigenvalue weighted by molar-refractivity contribution is 0.330. The number of hydrogen-bond donors (Lipinski definition) is 0. The Morgan fingerprint density at radius 1 is 0.786 bits per heavy atom. The van der Waals surface area contributed by atoms with Crippen molar-refractivity contribution in [2.75, 3.05) is 57.7 Å². The van der Waals surface area contributed by atoms with Crippen LogP contribution in [0.3, 0.4) is 0 Å². The van der Waals surface area contributed by atoms with E-state index < -0.39 is 10.0 Å². The zero-order valence-corrected chi connectivity index (χ0v) is 17.0. The summed E-state index contributed by atoms with van der Waals surface area (Å²) in [7, 11) is -0.116. The smallest absolute Gasteiger partial charge is 0.217 e. The molecule has 2 aromatic carbocycles. The molecule has 0 amide bonds. The Labute approximate surface area is 166 Å². The van der Waals surface area contributed by atoms with Crippen LogP contribution in [-0.2, 0) is 10.0 Å². The summed E-state index contributed by atoms with van der Waals surface area (Å²) in [6.07, 6.45) is 0. The third kappa shape index (κ3) is 5.08. The van der Waals surface area contributed by atoms with Gasteiger partial charge in [0.2, 0.25) is 10.0 Å². The molecule has 0 spiro atoms. The molecule has 2 aromatic rings. The van der Waals surface area contributed by atoms with E-state index in [2.05, 4.69) is 4.90 Å². The van der Waals surface area contributed by atoms with E-state index in [9.17, 15) is 8.42 Å². The molecule has 28 heavy (non-hydrogen) atoms. The molecule has 0 unspecified atom stereocenters. The van der Waals surface area contributed by atoms with E-state index in [1.807, 2.05) is 24.3 Å². The number of anilines is 1. The van der Waals surface area contributed by atoms with Gasteiger partial charge in [-0.25, -0.2) is 8.42 Å². The van der Waals surface area contributed by atoms with Crippen LogP contribution in [0.5, 0.6) is 17.2 Å². The lowest BCUT2D eigenvalue weighted by Gasteiger charge is -2.35. The lowest BCUT2D eigenvalue weighted by atomic mass is 10.2. The standard InChI is InChI=1S/C20H26N2O5S/c1-25-18-5-3-17(4-6-18)21-11-13-22(14-12-21)28(23,24)16-15-27-20-9-7-19(26-2)8-10-20/h3-10H,11-16H2,1-2H3. The molecular formula is C20H26N2O5S. The summed E-state index contributed by atoms with van der Waals surface area (Å²) in [6, 6.07) is 14.9. The number of methoxy groups -OCH3 is 2. The van der Waals surface area contributed by atoms with Crippen LogP contribution >= 0.6 is 0 Å². The first-order chi connectivity index (χ1) is 13.5. The molecule has 0 N–H and O–H groups in total. The fourth-order valence-corrected chi connectivity index (χ4v) is 4.36. The van der Waals surface area contributed by atoms with Crippen molar-refractivity contribution in [3.05, 3.63) is 48.5 Å².